The Morgan fingerprint density at radius 1 is 1.02 bits per heavy atom. The lowest BCUT2D eigenvalue weighted by Gasteiger charge is -2.40. The smallest absolute Gasteiger partial charge is 0.323 e. The first-order chi connectivity index (χ1) is 23.9. The zero-order chi connectivity index (χ0) is 33.8. The molecule has 13 nitrogen and oxygen atoms in total. The SMILES string of the molecule is Cn1cc(-c2ccc(N(C(=O)NCc3ccccc3)C3CCC(Nc4ncc(C#N)c(N5CCC6(CCC(=O)N6)CC5)n4)CC3)nc2)cn1. The fourth-order valence-corrected chi connectivity index (χ4v) is 7.30. The average Bonchev–Trinajstić information content (AvgIpc) is 3.74. The van der Waals surface area contributed by atoms with Gasteiger partial charge in [-0.2, -0.15) is 15.3 Å². The molecule has 2 aliphatic heterocycles. The van der Waals surface area contributed by atoms with Crippen molar-refractivity contribution in [1.29, 1.82) is 5.26 Å². The highest BCUT2D eigenvalue weighted by molar-refractivity contribution is 5.91. The van der Waals surface area contributed by atoms with Crippen LogP contribution in [0.2, 0.25) is 0 Å². The van der Waals surface area contributed by atoms with Gasteiger partial charge in [0.15, 0.2) is 5.82 Å². The third-order valence-corrected chi connectivity index (χ3v) is 10.1. The van der Waals surface area contributed by atoms with Gasteiger partial charge in [-0.05, 0) is 62.6 Å². The van der Waals surface area contributed by atoms with E-state index in [1.165, 1.54) is 0 Å². The second-order valence-corrected chi connectivity index (χ2v) is 13.3. The predicted molar refractivity (Wildman–Crippen MR) is 186 cm³/mol. The largest absolute Gasteiger partial charge is 0.355 e. The highest BCUT2D eigenvalue weighted by atomic mass is 16.2. The molecule has 49 heavy (non-hydrogen) atoms. The molecule has 1 aromatic carbocycles. The Morgan fingerprint density at radius 2 is 1.82 bits per heavy atom. The third kappa shape index (κ3) is 7.18. The first-order valence-corrected chi connectivity index (χ1v) is 17.0. The van der Waals surface area contributed by atoms with Crippen LogP contribution < -0.4 is 25.8 Å². The monoisotopic (exact) mass is 659 g/mol. The van der Waals surface area contributed by atoms with E-state index in [0.717, 1.165) is 74.7 Å². The molecule has 1 spiro atoms. The number of piperidine rings is 1. The van der Waals surface area contributed by atoms with E-state index in [9.17, 15) is 14.9 Å². The number of benzene rings is 1. The summed E-state index contributed by atoms with van der Waals surface area (Å²) >= 11 is 0. The van der Waals surface area contributed by atoms with Crippen LogP contribution in [-0.2, 0) is 18.4 Å². The zero-order valence-electron chi connectivity index (χ0n) is 27.7. The van der Waals surface area contributed by atoms with Gasteiger partial charge in [0.25, 0.3) is 0 Å². The van der Waals surface area contributed by atoms with Gasteiger partial charge in [0, 0.05) is 74.2 Å². The molecule has 2 saturated heterocycles. The lowest BCUT2D eigenvalue weighted by Crippen LogP contribution is -2.51. The molecule has 3 N–H and O–H groups in total. The molecule has 5 heterocycles. The average molecular weight is 660 g/mol. The molecule has 4 aromatic rings. The maximum Gasteiger partial charge on any atom is 0.323 e. The number of carbonyl (C=O) groups excluding carboxylic acids is 2. The second-order valence-electron chi connectivity index (χ2n) is 13.3. The highest BCUT2D eigenvalue weighted by Gasteiger charge is 2.41. The van der Waals surface area contributed by atoms with Crippen LogP contribution in [0.1, 0.15) is 62.5 Å². The summed E-state index contributed by atoms with van der Waals surface area (Å²) in [6.45, 7) is 1.86. The number of pyridine rings is 1. The predicted octanol–water partition coefficient (Wildman–Crippen LogP) is 4.53. The molecule has 7 rings (SSSR count). The topological polar surface area (TPSA) is 157 Å². The minimum absolute atomic E-state index is 0.0419. The number of nitrogens with one attached hydrogen (secondary N) is 3. The Kier molecular flexibility index (Phi) is 9.11. The number of urea groups is 1. The fourth-order valence-electron chi connectivity index (χ4n) is 7.30. The molecule has 13 heteroatoms. The maximum atomic E-state index is 13.8. The van der Waals surface area contributed by atoms with E-state index in [2.05, 4.69) is 37.0 Å². The number of amides is 3. The molecule has 3 fully saturated rings. The van der Waals surface area contributed by atoms with Crippen molar-refractivity contribution in [2.24, 2.45) is 7.05 Å². The Bertz CT molecular complexity index is 1820. The molecular formula is C36H41N11O2. The number of carbonyl (C=O) groups is 2. The quantitative estimate of drug-likeness (QED) is 0.247. The summed E-state index contributed by atoms with van der Waals surface area (Å²) in [4.78, 5) is 43.6. The van der Waals surface area contributed by atoms with Gasteiger partial charge in [-0.1, -0.05) is 30.3 Å². The van der Waals surface area contributed by atoms with E-state index in [0.29, 0.717) is 36.1 Å². The van der Waals surface area contributed by atoms with E-state index in [4.69, 9.17) is 9.97 Å². The summed E-state index contributed by atoms with van der Waals surface area (Å²) < 4.78 is 1.75. The molecule has 0 unspecified atom stereocenters. The summed E-state index contributed by atoms with van der Waals surface area (Å²) in [5.41, 5.74) is 3.24. The van der Waals surface area contributed by atoms with E-state index < -0.39 is 0 Å². The van der Waals surface area contributed by atoms with Gasteiger partial charge < -0.3 is 20.9 Å². The standard InChI is InChI=1S/C36H41N11O2/c1-45-24-28(23-41-45)26-7-12-31(38-21-26)47(35(49)40-20-25-5-3-2-4-6-25)30-10-8-29(9-11-30)42-34-39-22-27(19-37)33(43-34)46-17-15-36(16-18-46)14-13-32(48)44-36/h2-7,12,21-24,29-30H,8-11,13-18,20H2,1H3,(H,40,49)(H,44,48)(H,39,42,43). The fraction of sp³-hybridized carbons (Fsp3) is 0.417. The van der Waals surface area contributed by atoms with Crippen molar-refractivity contribution in [2.45, 2.75) is 75.5 Å². The van der Waals surface area contributed by atoms with Crippen molar-refractivity contribution in [3.05, 3.63) is 78.4 Å². The maximum absolute atomic E-state index is 13.8. The Balaban J connectivity index is 1.02. The number of nitrogens with zero attached hydrogens (tertiary/aromatic N) is 8. The number of hydrogen-bond acceptors (Lipinski definition) is 9. The van der Waals surface area contributed by atoms with E-state index in [1.807, 2.05) is 55.7 Å². The normalized spacial score (nSPS) is 20.0. The summed E-state index contributed by atoms with van der Waals surface area (Å²) in [6, 6.07) is 15.9. The van der Waals surface area contributed by atoms with E-state index in [1.54, 1.807) is 28.2 Å². The summed E-state index contributed by atoms with van der Waals surface area (Å²) in [5, 5.41) is 23.9. The first-order valence-electron chi connectivity index (χ1n) is 17.0. The van der Waals surface area contributed by atoms with Crippen LogP contribution in [0.25, 0.3) is 11.1 Å². The van der Waals surface area contributed by atoms with Crippen molar-refractivity contribution in [1.82, 2.24) is 35.4 Å². The molecule has 1 saturated carbocycles. The minimum atomic E-state index is -0.178. The lowest BCUT2D eigenvalue weighted by atomic mass is 9.86. The van der Waals surface area contributed by atoms with Crippen LogP contribution >= 0.6 is 0 Å². The van der Waals surface area contributed by atoms with E-state index in [-0.39, 0.29) is 29.6 Å². The molecule has 0 atom stereocenters. The van der Waals surface area contributed by atoms with Crippen LogP contribution in [0.4, 0.5) is 22.4 Å². The number of nitriles is 1. The van der Waals surface area contributed by atoms with Crippen LogP contribution in [0.5, 0.6) is 0 Å². The Labute approximate surface area is 285 Å². The van der Waals surface area contributed by atoms with Crippen LogP contribution in [0.3, 0.4) is 0 Å². The van der Waals surface area contributed by atoms with Gasteiger partial charge in [-0.15, -0.1) is 0 Å². The summed E-state index contributed by atoms with van der Waals surface area (Å²) in [7, 11) is 1.88. The molecule has 0 bridgehead atoms. The number of anilines is 3. The molecule has 3 aliphatic rings. The lowest BCUT2D eigenvalue weighted by molar-refractivity contribution is -0.119. The van der Waals surface area contributed by atoms with Crippen molar-refractivity contribution in [3.63, 3.8) is 0 Å². The van der Waals surface area contributed by atoms with Gasteiger partial charge in [0.05, 0.1) is 12.4 Å². The molecule has 3 amide bonds. The minimum Gasteiger partial charge on any atom is -0.355 e. The first kappa shape index (κ1) is 32.1. The van der Waals surface area contributed by atoms with Crippen LogP contribution in [0.15, 0.2) is 67.3 Å². The number of hydrogen-bond donors (Lipinski definition) is 3. The second kappa shape index (κ2) is 13.9. The third-order valence-electron chi connectivity index (χ3n) is 10.1. The molecule has 252 valence electrons. The highest BCUT2D eigenvalue weighted by Crippen LogP contribution is 2.34. The van der Waals surface area contributed by atoms with Gasteiger partial charge >= 0.3 is 6.03 Å². The van der Waals surface area contributed by atoms with Gasteiger partial charge in [-0.25, -0.2) is 14.8 Å². The number of aryl methyl sites for hydroxylation is 1. The Morgan fingerprint density at radius 3 is 2.47 bits per heavy atom. The molecule has 1 aliphatic carbocycles. The van der Waals surface area contributed by atoms with Crippen molar-refractivity contribution < 1.29 is 9.59 Å². The van der Waals surface area contributed by atoms with E-state index >= 15 is 0 Å². The Hall–Kier alpha value is -5.51. The van der Waals surface area contributed by atoms with Gasteiger partial charge in [0.1, 0.15) is 17.5 Å². The summed E-state index contributed by atoms with van der Waals surface area (Å²) in [5.74, 6) is 1.86. The van der Waals surface area contributed by atoms with Gasteiger partial charge in [0.2, 0.25) is 11.9 Å². The number of rotatable bonds is 8. The van der Waals surface area contributed by atoms with Crippen LogP contribution in [0, 0.1) is 11.3 Å². The summed E-state index contributed by atoms with van der Waals surface area (Å²) in [6.07, 6.45) is 13.4. The van der Waals surface area contributed by atoms with Crippen molar-refractivity contribution >= 4 is 29.5 Å². The number of aromatic nitrogens is 5. The molecule has 3 aromatic heterocycles. The zero-order valence-corrected chi connectivity index (χ0v) is 27.7. The molecular weight excluding hydrogens is 618 g/mol. The molecule has 0 radical (unpaired) electrons. The van der Waals surface area contributed by atoms with Crippen molar-refractivity contribution in [3.8, 4) is 17.2 Å². The van der Waals surface area contributed by atoms with Crippen LogP contribution in [-0.4, -0.2) is 67.4 Å². The van der Waals surface area contributed by atoms with Gasteiger partial charge in [-0.3, -0.25) is 14.4 Å². The van der Waals surface area contributed by atoms with Crippen molar-refractivity contribution in [2.75, 3.05) is 28.2 Å².